The zero-order chi connectivity index (χ0) is 25.0. The third-order valence-corrected chi connectivity index (χ3v) is 6.65. The molecule has 3 aromatic rings. The number of rotatable bonds is 7. The fraction of sp³-hybridized carbons (Fsp3) is 0.280. The van der Waals surface area contributed by atoms with Crippen molar-refractivity contribution in [3.63, 3.8) is 0 Å². The monoisotopic (exact) mass is 541 g/mol. The van der Waals surface area contributed by atoms with Crippen molar-refractivity contribution in [1.29, 1.82) is 0 Å². The lowest BCUT2D eigenvalue weighted by atomic mass is 10.0. The molecule has 2 heterocycles. The van der Waals surface area contributed by atoms with Gasteiger partial charge in [0.2, 0.25) is 0 Å². The van der Waals surface area contributed by atoms with Crippen LogP contribution in [0, 0.1) is 5.82 Å². The average molecular weight is 542 g/mol. The number of alkyl halides is 3. The predicted molar refractivity (Wildman–Crippen MR) is 133 cm³/mol. The molecule has 1 saturated heterocycles. The van der Waals surface area contributed by atoms with Gasteiger partial charge in [-0.05, 0) is 51.7 Å². The first kappa shape index (κ1) is 27.8. The summed E-state index contributed by atoms with van der Waals surface area (Å²) in [5.74, 6) is -1.79. The van der Waals surface area contributed by atoms with E-state index in [-0.39, 0.29) is 38.6 Å². The Kier molecular flexibility index (Phi) is 9.24. The van der Waals surface area contributed by atoms with Crippen LogP contribution < -0.4 is 5.32 Å². The largest absolute Gasteiger partial charge is 0.417 e. The Morgan fingerprint density at radius 3 is 2.31 bits per heavy atom. The summed E-state index contributed by atoms with van der Waals surface area (Å²) in [4.78, 5) is 27.5. The highest BCUT2D eigenvalue weighted by Gasteiger charge is 2.37. The van der Waals surface area contributed by atoms with Gasteiger partial charge in [-0.3, -0.25) is 15.0 Å². The number of piperazine rings is 1. The van der Waals surface area contributed by atoms with Crippen LogP contribution in [0.1, 0.15) is 21.5 Å². The molecule has 1 aromatic heterocycles. The van der Waals surface area contributed by atoms with Crippen molar-refractivity contribution < 1.29 is 27.2 Å². The van der Waals surface area contributed by atoms with E-state index in [4.69, 9.17) is 0 Å². The highest BCUT2D eigenvalue weighted by molar-refractivity contribution is 7.08. The standard InChI is InChI=1S/C25H23F4N3O2S.ClH/c26-20-5-6-22(25(27,28)29)21(13-20)24(34)32-10-8-31(9-11-32)23(15-33)30-14-17-1-3-18(4-2-17)19-7-12-35-16-19;/h1-7,12-13,15-16,23,30H,8-11,14H2;1H. The summed E-state index contributed by atoms with van der Waals surface area (Å²) in [5.41, 5.74) is 1.38. The molecule has 0 bridgehead atoms. The van der Waals surface area contributed by atoms with Gasteiger partial charge in [0, 0.05) is 32.7 Å². The summed E-state index contributed by atoms with van der Waals surface area (Å²) in [5, 5.41) is 7.26. The first-order chi connectivity index (χ1) is 16.8. The van der Waals surface area contributed by atoms with Gasteiger partial charge in [-0.1, -0.05) is 24.3 Å². The second kappa shape index (κ2) is 12.0. The number of carbonyl (C=O) groups is 2. The Hall–Kier alpha value is -2.79. The molecule has 36 heavy (non-hydrogen) atoms. The molecule has 1 fully saturated rings. The van der Waals surface area contributed by atoms with Crippen LogP contribution in [0.25, 0.3) is 11.1 Å². The van der Waals surface area contributed by atoms with Gasteiger partial charge in [-0.15, -0.1) is 12.4 Å². The molecule has 1 N–H and O–H groups in total. The Morgan fingerprint density at radius 2 is 1.72 bits per heavy atom. The summed E-state index contributed by atoms with van der Waals surface area (Å²) in [7, 11) is 0. The van der Waals surface area contributed by atoms with Crippen molar-refractivity contribution in [2.45, 2.75) is 18.9 Å². The number of thiophene rings is 1. The number of halogens is 5. The van der Waals surface area contributed by atoms with Crippen molar-refractivity contribution in [1.82, 2.24) is 15.1 Å². The number of aldehydes is 1. The van der Waals surface area contributed by atoms with Gasteiger partial charge in [0.25, 0.3) is 5.91 Å². The van der Waals surface area contributed by atoms with Crippen molar-refractivity contribution in [3.8, 4) is 11.1 Å². The minimum atomic E-state index is -4.77. The lowest BCUT2D eigenvalue weighted by Crippen LogP contribution is -2.56. The molecule has 0 radical (unpaired) electrons. The van der Waals surface area contributed by atoms with Gasteiger partial charge in [0.05, 0.1) is 11.1 Å². The van der Waals surface area contributed by atoms with E-state index in [1.54, 1.807) is 11.3 Å². The molecule has 4 rings (SSSR count). The Morgan fingerprint density at radius 1 is 1.03 bits per heavy atom. The molecule has 1 aliphatic heterocycles. The van der Waals surface area contributed by atoms with Crippen LogP contribution >= 0.6 is 23.7 Å². The Balaban J connectivity index is 0.00000361. The van der Waals surface area contributed by atoms with E-state index >= 15 is 0 Å². The normalized spacial score (nSPS) is 15.3. The number of benzene rings is 2. The minimum absolute atomic E-state index is 0. The maximum Gasteiger partial charge on any atom is 0.417 e. The summed E-state index contributed by atoms with van der Waals surface area (Å²) >= 11 is 1.63. The highest BCUT2D eigenvalue weighted by Crippen LogP contribution is 2.33. The lowest BCUT2D eigenvalue weighted by molar-refractivity contribution is -0.138. The third kappa shape index (κ3) is 6.50. The molecular formula is C25H24ClF4N3O2S. The summed E-state index contributed by atoms with van der Waals surface area (Å²) in [6.07, 6.45) is -4.61. The van der Waals surface area contributed by atoms with Gasteiger partial charge in [-0.25, -0.2) is 4.39 Å². The number of hydrogen-bond donors (Lipinski definition) is 1. The molecule has 5 nitrogen and oxygen atoms in total. The lowest BCUT2D eigenvalue weighted by Gasteiger charge is -2.38. The number of nitrogens with one attached hydrogen (secondary N) is 1. The topological polar surface area (TPSA) is 52.7 Å². The van der Waals surface area contributed by atoms with Crippen molar-refractivity contribution in [2.75, 3.05) is 26.2 Å². The number of hydrogen-bond acceptors (Lipinski definition) is 5. The van der Waals surface area contributed by atoms with E-state index in [2.05, 4.69) is 10.7 Å². The predicted octanol–water partition coefficient (Wildman–Crippen LogP) is 5.07. The molecule has 1 aliphatic rings. The molecule has 2 aromatic carbocycles. The van der Waals surface area contributed by atoms with Crippen LogP contribution in [-0.2, 0) is 17.5 Å². The molecule has 1 unspecified atom stereocenters. The number of amides is 1. The van der Waals surface area contributed by atoms with Crippen LogP contribution in [0.4, 0.5) is 17.6 Å². The van der Waals surface area contributed by atoms with E-state index in [0.717, 1.165) is 23.0 Å². The molecule has 192 valence electrons. The molecule has 0 spiro atoms. The fourth-order valence-corrected chi connectivity index (χ4v) is 4.71. The van der Waals surface area contributed by atoms with E-state index in [9.17, 15) is 27.2 Å². The highest BCUT2D eigenvalue weighted by atomic mass is 35.5. The van der Waals surface area contributed by atoms with E-state index in [0.29, 0.717) is 24.7 Å². The molecule has 0 saturated carbocycles. The Bertz CT molecular complexity index is 1170. The first-order valence-corrected chi connectivity index (χ1v) is 11.9. The summed E-state index contributed by atoms with van der Waals surface area (Å²) in [6.45, 7) is 1.26. The van der Waals surface area contributed by atoms with Crippen molar-refractivity contribution in [3.05, 3.63) is 81.8 Å². The second-order valence-electron chi connectivity index (χ2n) is 8.19. The average Bonchev–Trinajstić information content (AvgIpc) is 3.39. The van der Waals surface area contributed by atoms with Crippen LogP contribution in [-0.4, -0.2) is 54.3 Å². The van der Waals surface area contributed by atoms with Crippen LogP contribution in [0.2, 0.25) is 0 Å². The Labute approximate surface area is 216 Å². The SMILES string of the molecule is Cl.O=CC(NCc1ccc(-c2ccsc2)cc1)N1CCN(C(=O)c2cc(F)ccc2C(F)(F)F)CC1. The van der Waals surface area contributed by atoms with Gasteiger partial charge < -0.3 is 9.69 Å². The molecule has 1 atom stereocenters. The second-order valence-corrected chi connectivity index (χ2v) is 8.97. The molecular weight excluding hydrogens is 518 g/mol. The third-order valence-electron chi connectivity index (χ3n) is 5.96. The molecule has 11 heteroatoms. The van der Waals surface area contributed by atoms with Gasteiger partial charge in [-0.2, -0.15) is 24.5 Å². The van der Waals surface area contributed by atoms with Crippen molar-refractivity contribution >= 4 is 35.9 Å². The smallest absolute Gasteiger partial charge is 0.336 e. The maximum atomic E-state index is 13.6. The number of carbonyl (C=O) groups excluding carboxylic acids is 2. The van der Waals surface area contributed by atoms with Gasteiger partial charge in [0.1, 0.15) is 12.0 Å². The zero-order valence-electron chi connectivity index (χ0n) is 19.0. The van der Waals surface area contributed by atoms with Crippen molar-refractivity contribution in [2.24, 2.45) is 0 Å². The van der Waals surface area contributed by atoms with Gasteiger partial charge in [0.15, 0.2) is 6.29 Å². The van der Waals surface area contributed by atoms with Crippen LogP contribution in [0.3, 0.4) is 0 Å². The van der Waals surface area contributed by atoms with E-state index < -0.39 is 35.2 Å². The number of nitrogens with zero attached hydrogens (tertiary/aromatic N) is 2. The fourth-order valence-electron chi connectivity index (χ4n) is 4.04. The van der Waals surface area contributed by atoms with Crippen LogP contribution in [0.15, 0.2) is 59.3 Å². The van der Waals surface area contributed by atoms with E-state index in [1.807, 2.05) is 40.6 Å². The molecule has 0 aliphatic carbocycles. The first-order valence-electron chi connectivity index (χ1n) is 11.0. The van der Waals surface area contributed by atoms with Gasteiger partial charge >= 0.3 is 6.18 Å². The zero-order valence-corrected chi connectivity index (χ0v) is 20.6. The quantitative estimate of drug-likeness (QED) is 0.335. The van der Waals surface area contributed by atoms with Crippen LogP contribution in [0.5, 0.6) is 0 Å². The summed E-state index contributed by atoms with van der Waals surface area (Å²) < 4.78 is 53.5. The maximum absolute atomic E-state index is 13.6. The summed E-state index contributed by atoms with van der Waals surface area (Å²) in [6, 6.07) is 11.9. The van der Waals surface area contributed by atoms with E-state index in [1.165, 1.54) is 4.90 Å². The molecule has 1 amide bonds. The minimum Gasteiger partial charge on any atom is -0.336 e.